The highest BCUT2D eigenvalue weighted by Crippen LogP contribution is 2.30. The lowest BCUT2D eigenvalue weighted by Crippen LogP contribution is -2.48. The maximum Gasteiger partial charge on any atom is 0.302 e. The Labute approximate surface area is 166 Å². The van der Waals surface area contributed by atoms with E-state index in [4.69, 9.17) is 5.73 Å². The minimum atomic E-state index is -3.77. The molecule has 1 aromatic carbocycles. The van der Waals surface area contributed by atoms with Crippen LogP contribution >= 0.6 is 0 Å². The van der Waals surface area contributed by atoms with Crippen LogP contribution in [0.25, 0.3) is 0 Å². The molecule has 0 aromatic heterocycles. The number of benzene rings is 1. The van der Waals surface area contributed by atoms with Gasteiger partial charge < -0.3 is 11.1 Å². The standard InChI is InChI=1S/C20H28N4O3S/c1-14-11-17(13-18(12-14)20(21)25)19-5-3-4-10-24(19)28(26,27)23-15(2)16-6-8-22-9-7-16/h3-5,10-13,15-16,19,22-23H,6-9H2,1-2H3,(H2,21,25). The monoisotopic (exact) mass is 404 g/mol. The highest BCUT2D eigenvalue weighted by Gasteiger charge is 2.32. The number of nitrogens with zero attached hydrogens (tertiary/aromatic N) is 1. The summed E-state index contributed by atoms with van der Waals surface area (Å²) in [6, 6.07) is 4.53. The van der Waals surface area contributed by atoms with Crippen molar-refractivity contribution in [1.29, 1.82) is 0 Å². The number of carbonyl (C=O) groups excluding carboxylic acids is 1. The van der Waals surface area contributed by atoms with Gasteiger partial charge in [0.05, 0.1) is 6.04 Å². The first-order valence-corrected chi connectivity index (χ1v) is 11.0. The smallest absolute Gasteiger partial charge is 0.302 e. The van der Waals surface area contributed by atoms with E-state index < -0.39 is 22.2 Å². The molecule has 2 aliphatic rings. The molecule has 2 unspecified atom stereocenters. The van der Waals surface area contributed by atoms with Crippen molar-refractivity contribution in [1.82, 2.24) is 14.3 Å². The first-order valence-electron chi connectivity index (χ1n) is 9.56. The molecule has 0 aliphatic carbocycles. The number of allylic oxidation sites excluding steroid dienone is 2. The molecule has 2 heterocycles. The lowest BCUT2D eigenvalue weighted by atomic mass is 9.92. The molecular weight excluding hydrogens is 376 g/mol. The Kier molecular flexibility index (Phi) is 6.22. The summed E-state index contributed by atoms with van der Waals surface area (Å²) in [4.78, 5) is 11.6. The fourth-order valence-electron chi connectivity index (χ4n) is 3.83. The molecular formula is C20H28N4O3S. The fraction of sp³-hybridized carbons (Fsp3) is 0.450. The van der Waals surface area contributed by atoms with Crippen molar-refractivity contribution < 1.29 is 13.2 Å². The van der Waals surface area contributed by atoms with Crippen LogP contribution in [0.15, 0.2) is 42.6 Å². The van der Waals surface area contributed by atoms with Crippen molar-refractivity contribution in [3.8, 4) is 0 Å². The average molecular weight is 405 g/mol. The van der Waals surface area contributed by atoms with Crippen molar-refractivity contribution in [2.75, 3.05) is 13.1 Å². The van der Waals surface area contributed by atoms with Crippen LogP contribution in [0, 0.1) is 12.8 Å². The molecule has 1 aromatic rings. The Morgan fingerprint density at radius 3 is 2.64 bits per heavy atom. The van der Waals surface area contributed by atoms with Crippen molar-refractivity contribution in [3.05, 3.63) is 59.3 Å². The van der Waals surface area contributed by atoms with E-state index in [-0.39, 0.29) is 6.04 Å². The zero-order valence-electron chi connectivity index (χ0n) is 16.3. The van der Waals surface area contributed by atoms with Crippen LogP contribution in [0.5, 0.6) is 0 Å². The summed E-state index contributed by atoms with van der Waals surface area (Å²) in [6.45, 7) is 5.59. The molecule has 1 fully saturated rings. The minimum absolute atomic E-state index is 0.161. The van der Waals surface area contributed by atoms with Crippen molar-refractivity contribution in [2.24, 2.45) is 11.7 Å². The SMILES string of the molecule is Cc1cc(C(N)=O)cc(C2C=CC=CN2S(=O)(=O)NC(C)C2CCNCC2)c1. The van der Waals surface area contributed by atoms with Gasteiger partial charge in [-0.25, -0.2) is 0 Å². The Balaban J connectivity index is 1.86. The van der Waals surface area contributed by atoms with Crippen LogP contribution in [0.3, 0.4) is 0 Å². The van der Waals surface area contributed by atoms with Crippen molar-refractivity contribution in [2.45, 2.75) is 38.8 Å². The van der Waals surface area contributed by atoms with Crippen LogP contribution in [-0.4, -0.2) is 37.8 Å². The molecule has 2 aliphatic heterocycles. The van der Waals surface area contributed by atoms with E-state index in [9.17, 15) is 13.2 Å². The number of nitrogens with two attached hydrogens (primary N) is 1. The topological polar surface area (TPSA) is 105 Å². The van der Waals surface area contributed by atoms with Gasteiger partial charge in [-0.05, 0) is 75.0 Å². The molecule has 0 spiro atoms. The Morgan fingerprint density at radius 1 is 1.25 bits per heavy atom. The summed E-state index contributed by atoms with van der Waals surface area (Å²) in [5, 5.41) is 3.30. The molecule has 28 heavy (non-hydrogen) atoms. The third kappa shape index (κ3) is 4.63. The number of nitrogens with one attached hydrogen (secondary N) is 2. The van der Waals surface area contributed by atoms with Gasteiger partial charge >= 0.3 is 10.2 Å². The molecule has 4 N–H and O–H groups in total. The predicted octanol–water partition coefficient (Wildman–Crippen LogP) is 1.74. The molecule has 2 atom stereocenters. The fourth-order valence-corrected chi connectivity index (χ4v) is 5.34. The van der Waals surface area contributed by atoms with Gasteiger partial charge in [-0.1, -0.05) is 18.2 Å². The summed E-state index contributed by atoms with van der Waals surface area (Å²) >= 11 is 0. The lowest BCUT2D eigenvalue weighted by Gasteiger charge is -2.34. The van der Waals surface area contributed by atoms with E-state index in [1.807, 2.05) is 19.9 Å². The summed E-state index contributed by atoms with van der Waals surface area (Å²) in [5.74, 6) is -0.230. The van der Waals surface area contributed by atoms with Crippen LogP contribution in [-0.2, 0) is 10.2 Å². The van der Waals surface area contributed by atoms with Gasteiger partial charge in [-0.15, -0.1) is 0 Å². The second-order valence-corrected chi connectivity index (χ2v) is 9.10. The Hall–Kier alpha value is -2.16. The first kappa shape index (κ1) is 20.6. The van der Waals surface area contributed by atoms with Gasteiger partial charge in [0.25, 0.3) is 0 Å². The van der Waals surface area contributed by atoms with Crippen LogP contribution in [0.2, 0.25) is 0 Å². The molecule has 7 nitrogen and oxygen atoms in total. The number of hydrogen-bond donors (Lipinski definition) is 3. The predicted molar refractivity (Wildman–Crippen MR) is 110 cm³/mol. The largest absolute Gasteiger partial charge is 0.366 e. The number of aryl methyl sites for hydroxylation is 1. The highest BCUT2D eigenvalue weighted by atomic mass is 32.2. The van der Waals surface area contributed by atoms with Gasteiger partial charge in [-0.3, -0.25) is 9.10 Å². The Bertz CT molecular complexity index is 889. The zero-order chi connectivity index (χ0) is 20.3. The van der Waals surface area contributed by atoms with Gasteiger partial charge in [0.2, 0.25) is 5.91 Å². The van der Waals surface area contributed by atoms with Gasteiger partial charge in [0, 0.05) is 17.8 Å². The third-order valence-electron chi connectivity index (χ3n) is 5.34. The molecule has 152 valence electrons. The number of piperidine rings is 1. The quantitative estimate of drug-likeness (QED) is 0.672. The summed E-state index contributed by atoms with van der Waals surface area (Å²) in [5.41, 5.74) is 7.35. The second kappa shape index (κ2) is 8.46. The first-order chi connectivity index (χ1) is 13.3. The van der Waals surface area contributed by atoms with E-state index in [1.165, 1.54) is 4.31 Å². The average Bonchev–Trinajstić information content (AvgIpc) is 2.68. The lowest BCUT2D eigenvalue weighted by molar-refractivity contribution is 0.1000. The summed E-state index contributed by atoms with van der Waals surface area (Å²) < 4.78 is 30.4. The van der Waals surface area contributed by atoms with Gasteiger partial charge in [-0.2, -0.15) is 13.1 Å². The zero-order valence-corrected chi connectivity index (χ0v) is 17.1. The summed E-state index contributed by atoms with van der Waals surface area (Å²) in [7, 11) is -3.77. The second-order valence-electron chi connectivity index (χ2n) is 7.50. The molecule has 0 radical (unpaired) electrons. The van der Waals surface area contributed by atoms with Crippen molar-refractivity contribution in [3.63, 3.8) is 0 Å². The molecule has 1 amide bonds. The molecule has 0 saturated carbocycles. The molecule has 0 bridgehead atoms. The molecule has 8 heteroatoms. The van der Waals surface area contributed by atoms with E-state index in [0.717, 1.165) is 31.5 Å². The summed E-state index contributed by atoms with van der Waals surface area (Å²) in [6.07, 6.45) is 8.74. The van der Waals surface area contributed by atoms with Crippen LogP contribution in [0.1, 0.15) is 47.3 Å². The van der Waals surface area contributed by atoms with E-state index in [0.29, 0.717) is 17.0 Å². The van der Waals surface area contributed by atoms with E-state index >= 15 is 0 Å². The number of carbonyl (C=O) groups is 1. The highest BCUT2D eigenvalue weighted by molar-refractivity contribution is 7.87. The van der Waals surface area contributed by atoms with E-state index in [2.05, 4.69) is 10.0 Å². The third-order valence-corrected chi connectivity index (χ3v) is 6.91. The minimum Gasteiger partial charge on any atom is -0.366 e. The molecule has 1 saturated heterocycles. The number of amides is 1. The Morgan fingerprint density at radius 2 is 1.96 bits per heavy atom. The maximum atomic E-state index is 13.1. The van der Waals surface area contributed by atoms with E-state index in [1.54, 1.807) is 36.6 Å². The van der Waals surface area contributed by atoms with Crippen molar-refractivity contribution >= 4 is 16.1 Å². The van der Waals surface area contributed by atoms with Gasteiger partial charge in [0.1, 0.15) is 0 Å². The normalized spacial score (nSPS) is 21.6. The number of primary amides is 1. The van der Waals surface area contributed by atoms with Gasteiger partial charge in [0.15, 0.2) is 0 Å². The van der Waals surface area contributed by atoms with Crippen LogP contribution < -0.4 is 15.8 Å². The molecule has 3 rings (SSSR count). The number of rotatable bonds is 6. The number of hydrogen-bond acceptors (Lipinski definition) is 4. The van der Waals surface area contributed by atoms with Crippen LogP contribution in [0.4, 0.5) is 0 Å². The maximum absolute atomic E-state index is 13.1.